The zero-order chi connectivity index (χ0) is 16.6. The van der Waals surface area contributed by atoms with Crippen LogP contribution >= 0.6 is 0 Å². The smallest absolute Gasteiger partial charge is 0.452 e. The van der Waals surface area contributed by atoms with Crippen LogP contribution in [0.2, 0.25) is 0 Å². The number of ether oxygens (including phenoxy) is 1. The number of benzene rings is 1. The number of nitrogens with zero attached hydrogens (tertiary/aromatic N) is 5. The molecule has 0 N–H and O–H groups in total. The van der Waals surface area contributed by atoms with E-state index in [1.807, 2.05) is 6.07 Å². The minimum atomic E-state index is -4.67. The summed E-state index contributed by atoms with van der Waals surface area (Å²) in [4.78, 5) is 4.18. The van der Waals surface area contributed by atoms with Crippen molar-refractivity contribution in [3.05, 3.63) is 30.1 Å². The van der Waals surface area contributed by atoms with Crippen molar-refractivity contribution in [3.63, 3.8) is 0 Å². The van der Waals surface area contributed by atoms with Gasteiger partial charge >= 0.3 is 6.18 Å². The summed E-state index contributed by atoms with van der Waals surface area (Å²) in [5.41, 5.74) is 0.395. The summed E-state index contributed by atoms with van der Waals surface area (Å²) in [6.45, 7) is 1.62. The molecule has 0 amide bonds. The van der Waals surface area contributed by atoms with E-state index in [2.05, 4.69) is 15.2 Å². The van der Waals surface area contributed by atoms with Crippen LogP contribution in [0.4, 0.5) is 13.2 Å². The highest BCUT2D eigenvalue weighted by molar-refractivity contribution is 5.79. The van der Waals surface area contributed by atoms with Gasteiger partial charge in [0.05, 0.1) is 23.0 Å². The first kappa shape index (κ1) is 15.0. The molecule has 2 aromatic heterocycles. The number of para-hydroxylation sites is 2. The van der Waals surface area contributed by atoms with E-state index in [4.69, 9.17) is 10.00 Å². The zero-order valence-corrected chi connectivity index (χ0v) is 11.9. The Morgan fingerprint density at radius 2 is 2.04 bits per heavy atom. The second kappa shape index (κ2) is 5.39. The normalized spacial score (nSPS) is 13.2. The summed E-state index contributed by atoms with van der Waals surface area (Å²) in [5.74, 6) is -1.67. The topological polar surface area (TPSA) is 76.1 Å². The molecule has 118 valence electrons. The lowest BCUT2D eigenvalue weighted by molar-refractivity contribution is -0.145. The van der Waals surface area contributed by atoms with Crippen molar-refractivity contribution in [3.8, 4) is 11.9 Å². The molecule has 0 bridgehead atoms. The number of rotatable bonds is 3. The number of nitriles is 1. The Morgan fingerprint density at radius 1 is 1.30 bits per heavy atom. The standard InChI is InChI=1S/C14H10F3N5O/c1-8(6-18)7-23-12-11-20-21-13(14(15,16)17)22(11)10-5-3-2-4-9(10)19-12/h2-5,8H,7H2,1H3. The van der Waals surface area contributed by atoms with Crippen LogP contribution in [-0.2, 0) is 6.18 Å². The Hall–Kier alpha value is -2.89. The summed E-state index contributed by atoms with van der Waals surface area (Å²) < 4.78 is 45.7. The molecule has 1 atom stereocenters. The van der Waals surface area contributed by atoms with Crippen LogP contribution in [0.25, 0.3) is 16.7 Å². The van der Waals surface area contributed by atoms with Crippen molar-refractivity contribution in [1.82, 2.24) is 19.6 Å². The van der Waals surface area contributed by atoms with E-state index in [1.54, 1.807) is 25.1 Å². The van der Waals surface area contributed by atoms with Crippen LogP contribution < -0.4 is 4.74 Å². The van der Waals surface area contributed by atoms with E-state index < -0.39 is 17.9 Å². The summed E-state index contributed by atoms with van der Waals surface area (Å²) in [6.07, 6.45) is -4.67. The first-order valence-corrected chi connectivity index (χ1v) is 6.65. The number of aromatic nitrogens is 4. The van der Waals surface area contributed by atoms with Crippen LogP contribution in [0.5, 0.6) is 5.88 Å². The van der Waals surface area contributed by atoms with Crippen LogP contribution in [0.1, 0.15) is 12.7 Å². The van der Waals surface area contributed by atoms with Gasteiger partial charge in [-0.1, -0.05) is 12.1 Å². The monoisotopic (exact) mass is 321 g/mol. The molecule has 9 heteroatoms. The molecule has 3 aromatic rings. The highest BCUT2D eigenvalue weighted by Crippen LogP contribution is 2.32. The third kappa shape index (κ3) is 2.63. The fourth-order valence-corrected chi connectivity index (χ4v) is 2.08. The molecular formula is C14H10F3N5O. The van der Waals surface area contributed by atoms with Gasteiger partial charge in [0.2, 0.25) is 11.5 Å². The van der Waals surface area contributed by atoms with Gasteiger partial charge in [-0.15, -0.1) is 10.2 Å². The molecule has 3 rings (SSSR count). The van der Waals surface area contributed by atoms with E-state index in [1.165, 1.54) is 6.07 Å². The number of hydrogen-bond donors (Lipinski definition) is 0. The van der Waals surface area contributed by atoms with Crippen LogP contribution in [0, 0.1) is 17.2 Å². The predicted molar refractivity (Wildman–Crippen MR) is 73.6 cm³/mol. The molecular weight excluding hydrogens is 311 g/mol. The van der Waals surface area contributed by atoms with E-state index >= 15 is 0 Å². The van der Waals surface area contributed by atoms with Crippen molar-refractivity contribution in [2.45, 2.75) is 13.1 Å². The molecule has 0 aliphatic heterocycles. The molecule has 0 fully saturated rings. The zero-order valence-electron chi connectivity index (χ0n) is 11.9. The Kier molecular flexibility index (Phi) is 3.52. The fourth-order valence-electron chi connectivity index (χ4n) is 2.08. The highest BCUT2D eigenvalue weighted by Gasteiger charge is 2.38. The van der Waals surface area contributed by atoms with Crippen LogP contribution in [0.15, 0.2) is 24.3 Å². The van der Waals surface area contributed by atoms with Gasteiger partial charge in [-0.25, -0.2) is 4.98 Å². The number of halogens is 3. The summed E-state index contributed by atoms with van der Waals surface area (Å²) in [7, 11) is 0. The van der Waals surface area contributed by atoms with Gasteiger partial charge in [0, 0.05) is 0 Å². The van der Waals surface area contributed by atoms with Gasteiger partial charge in [-0.2, -0.15) is 18.4 Å². The third-order valence-corrected chi connectivity index (χ3v) is 3.14. The second-order valence-corrected chi connectivity index (χ2v) is 4.93. The van der Waals surface area contributed by atoms with Crippen molar-refractivity contribution < 1.29 is 17.9 Å². The minimum absolute atomic E-state index is 0.00822. The predicted octanol–water partition coefficient (Wildman–Crippen LogP) is 2.83. The Bertz CT molecular complexity index is 912. The highest BCUT2D eigenvalue weighted by atomic mass is 19.4. The lowest BCUT2D eigenvalue weighted by atomic mass is 10.2. The number of hydrogen-bond acceptors (Lipinski definition) is 5. The largest absolute Gasteiger partial charge is 0.474 e. The molecule has 6 nitrogen and oxygen atoms in total. The Labute approximate surface area is 128 Å². The van der Waals surface area contributed by atoms with Crippen molar-refractivity contribution in [2.75, 3.05) is 6.61 Å². The lowest BCUT2D eigenvalue weighted by Crippen LogP contribution is -2.13. The van der Waals surface area contributed by atoms with Gasteiger partial charge < -0.3 is 4.74 Å². The SMILES string of the molecule is CC(C#N)COc1nc2ccccc2n2c(C(F)(F)F)nnc12. The summed E-state index contributed by atoms with van der Waals surface area (Å²) in [6, 6.07) is 8.29. The maximum atomic E-state index is 13.2. The molecule has 23 heavy (non-hydrogen) atoms. The average Bonchev–Trinajstić information content (AvgIpc) is 2.97. The molecule has 1 unspecified atom stereocenters. The van der Waals surface area contributed by atoms with E-state index in [-0.39, 0.29) is 23.7 Å². The molecule has 0 radical (unpaired) electrons. The van der Waals surface area contributed by atoms with E-state index in [9.17, 15) is 13.2 Å². The van der Waals surface area contributed by atoms with Gasteiger partial charge in [-0.3, -0.25) is 4.40 Å². The summed E-state index contributed by atoms with van der Waals surface area (Å²) in [5, 5.41) is 15.6. The maximum absolute atomic E-state index is 13.2. The molecule has 0 spiro atoms. The molecule has 0 aliphatic carbocycles. The number of fused-ring (bicyclic) bond motifs is 3. The van der Waals surface area contributed by atoms with E-state index in [0.29, 0.717) is 5.52 Å². The molecule has 0 saturated carbocycles. The van der Waals surface area contributed by atoms with E-state index in [0.717, 1.165) is 4.40 Å². The first-order valence-electron chi connectivity index (χ1n) is 6.65. The van der Waals surface area contributed by atoms with Gasteiger partial charge in [-0.05, 0) is 19.1 Å². The van der Waals surface area contributed by atoms with Crippen LogP contribution in [0.3, 0.4) is 0 Å². The van der Waals surface area contributed by atoms with Crippen molar-refractivity contribution >= 4 is 16.7 Å². The third-order valence-electron chi connectivity index (χ3n) is 3.14. The Morgan fingerprint density at radius 3 is 2.74 bits per heavy atom. The van der Waals surface area contributed by atoms with Gasteiger partial charge in [0.25, 0.3) is 5.88 Å². The van der Waals surface area contributed by atoms with Crippen molar-refractivity contribution in [2.24, 2.45) is 5.92 Å². The fraction of sp³-hybridized carbons (Fsp3) is 0.286. The maximum Gasteiger partial charge on any atom is 0.452 e. The quantitative estimate of drug-likeness (QED) is 0.741. The van der Waals surface area contributed by atoms with Crippen molar-refractivity contribution in [1.29, 1.82) is 5.26 Å². The molecule has 2 heterocycles. The number of alkyl halides is 3. The molecule has 0 aliphatic rings. The average molecular weight is 321 g/mol. The first-order chi connectivity index (χ1) is 10.9. The van der Waals surface area contributed by atoms with Gasteiger partial charge in [0.15, 0.2) is 0 Å². The Balaban J connectivity index is 2.25. The second-order valence-electron chi connectivity index (χ2n) is 4.93. The molecule has 1 aromatic carbocycles. The summed E-state index contributed by atoms with van der Waals surface area (Å²) >= 11 is 0. The minimum Gasteiger partial charge on any atom is -0.474 e. The lowest BCUT2D eigenvalue weighted by Gasteiger charge is -2.11. The van der Waals surface area contributed by atoms with Crippen LogP contribution in [-0.4, -0.2) is 26.2 Å². The van der Waals surface area contributed by atoms with Gasteiger partial charge in [0.1, 0.15) is 6.61 Å². The molecule has 0 saturated heterocycles.